The first kappa shape index (κ1) is 17.4. The molecule has 0 atom stereocenters. The molecule has 3 rings (SSSR count). The quantitative estimate of drug-likeness (QED) is 0.466. The second-order valence-corrected chi connectivity index (χ2v) is 6.03. The lowest BCUT2D eigenvalue weighted by Gasteiger charge is -2.13. The highest BCUT2D eigenvalue weighted by molar-refractivity contribution is 6.32. The molecule has 0 saturated carbocycles. The summed E-state index contributed by atoms with van der Waals surface area (Å²) in [6, 6.07) is 23.2. The maximum absolute atomic E-state index is 5.71. The zero-order valence-corrected chi connectivity index (χ0v) is 14.5. The Balaban J connectivity index is 1.65. The van der Waals surface area contributed by atoms with Crippen LogP contribution in [0.4, 0.5) is 17.1 Å². The molecule has 3 nitrogen and oxygen atoms in total. The Bertz CT molecular complexity index is 833. The summed E-state index contributed by atoms with van der Waals surface area (Å²) in [5.41, 5.74) is 12.7. The van der Waals surface area contributed by atoms with Crippen molar-refractivity contribution in [3.05, 3.63) is 97.1 Å². The first-order valence-corrected chi connectivity index (χ1v) is 8.25. The van der Waals surface area contributed by atoms with E-state index in [1.54, 1.807) is 0 Å². The standard InChI is InChI=1S/C22H20BN3/c1-15(25-21-11-7-19(23)8-12-21)17-3-5-18(6-4-17)16(2)26-22-13-9-20(24)10-14-22/h3-14,25-26H,1-2,24H2. The van der Waals surface area contributed by atoms with E-state index >= 15 is 0 Å². The van der Waals surface area contributed by atoms with Crippen molar-refractivity contribution < 1.29 is 0 Å². The summed E-state index contributed by atoms with van der Waals surface area (Å²) in [6.45, 7) is 8.20. The van der Waals surface area contributed by atoms with Gasteiger partial charge in [0.2, 0.25) is 0 Å². The van der Waals surface area contributed by atoms with E-state index in [9.17, 15) is 0 Å². The molecule has 0 saturated heterocycles. The number of rotatable bonds is 6. The van der Waals surface area contributed by atoms with E-state index in [0.717, 1.165) is 45.0 Å². The van der Waals surface area contributed by atoms with Crippen LogP contribution in [0, 0.1) is 0 Å². The highest BCUT2D eigenvalue weighted by Crippen LogP contribution is 2.21. The van der Waals surface area contributed by atoms with Crippen molar-refractivity contribution in [2.75, 3.05) is 16.4 Å². The average molecular weight is 337 g/mol. The Morgan fingerprint density at radius 3 is 1.46 bits per heavy atom. The van der Waals surface area contributed by atoms with E-state index in [2.05, 4.69) is 23.8 Å². The number of hydrogen-bond donors (Lipinski definition) is 3. The predicted octanol–water partition coefficient (Wildman–Crippen LogP) is 4.23. The molecular weight excluding hydrogens is 317 g/mol. The van der Waals surface area contributed by atoms with Crippen LogP contribution in [0.15, 0.2) is 86.0 Å². The van der Waals surface area contributed by atoms with Crippen LogP contribution in [0.5, 0.6) is 0 Å². The van der Waals surface area contributed by atoms with Crippen molar-refractivity contribution in [2.24, 2.45) is 0 Å². The number of benzene rings is 3. The Labute approximate surface area is 155 Å². The van der Waals surface area contributed by atoms with Crippen LogP contribution in [0.25, 0.3) is 11.4 Å². The molecule has 0 aliphatic heterocycles. The van der Waals surface area contributed by atoms with Gasteiger partial charge in [-0.2, -0.15) is 0 Å². The molecular formula is C22H20BN3. The molecule has 3 aromatic carbocycles. The number of hydrogen-bond acceptors (Lipinski definition) is 3. The van der Waals surface area contributed by atoms with Crippen LogP contribution in [0.1, 0.15) is 11.1 Å². The van der Waals surface area contributed by atoms with Gasteiger partial charge in [0.05, 0.1) is 0 Å². The summed E-state index contributed by atoms with van der Waals surface area (Å²) in [7, 11) is 5.71. The second kappa shape index (κ2) is 7.66. The summed E-state index contributed by atoms with van der Waals surface area (Å²) < 4.78 is 0. The molecule has 0 unspecified atom stereocenters. The van der Waals surface area contributed by atoms with Crippen molar-refractivity contribution in [1.29, 1.82) is 0 Å². The predicted molar refractivity (Wildman–Crippen MR) is 114 cm³/mol. The van der Waals surface area contributed by atoms with Crippen LogP contribution >= 0.6 is 0 Å². The van der Waals surface area contributed by atoms with Gasteiger partial charge in [0.1, 0.15) is 7.85 Å². The van der Waals surface area contributed by atoms with Gasteiger partial charge in [-0.25, -0.2) is 0 Å². The maximum atomic E-state index is 5.71. The fourth-order valence-electron chi connectivity index (χ4n) is 2.50. The van der Waals surface area contributed by atoms with Gasteiger partial charge in [0.25, 0.3) is 0 Å². The number of nitrogens with two attached hydrogens (primary N) is 1. The summed E-state index contributed by atoms with van der Waals surface area (Å²) in [6.07, 6.45) is 0. The van der Waals surface area contributed by atoms with Crippen LogP contribution in [-0.2, 0) is 0 Å². The molecule has 0 spiro atoms. The van der Waals surface area contributed by atoms with Crippen LogP contribution in [0.3, 0.4) is 0 Å². The van der Waals surface area contributed by atoms with Gasteiger partial charge in [0.15, 0.2) is 0 Å². The van der Waals surface area contributed by atoms with E-state index in [1.807, 2.05) is 72.8 Å². The highest BCUT2D eigenvalue weighted by atomic mass is 14.9. The second-order valence-electron chi connectivity index (χ2n) is 6.03. The summed E-state index contributed by atoms with van der Waals surface area (Å²) >= 11 is 0. The minimum atomic E-state index is 0.734. The van der Waals surface area contributed by atoms with Crippen LogP contribution in [0.2, 0.25) is 0 Å². The Hall–Kier alpha value is -3.40. The fraction of sp³-hybridized carbons (Fsp3) is 0. The summed E-state index contributed by atoms with van der Waals surface area (Å²) in [4.78, 5) is 0. The molecule has 26 heavy (non-hydrogen) atoms. The summed E-state index contributed by atoms with van der Waals surface area (Å²) in [5, 5.41) is 6.56. The topological polar surface area (TPSA) is 50.1 Å². The Kier molecular flexibility index (Phi) is 5.13. The van der Waals surface area contributed by atoms with Gasteiger partial charge >= 0.3 is 0 Å². The van der Waals surface area contributed by atoms with Crippen LogP contribution in [-0.4, -0.2) is 7.85 Å². The fourth-order valence-corrected chi connectivity index (χ4v) is 2.50. The minimum absolute atomic E-state index is 0.734. The van der Waals surface area contributed by atoms with Crippen molar-refractivity contribution in [3.8, 4) is 0 Å². The summed E-state index contributed by atoms with van der Waals surface area (Å²) in [5.74, 6) is 0. The molecule has 0 heterocycles. The molecule has 0 fully saturated rings. The Morgan fingerprint density at radius 2 is 1.04 bits per heavy atom. The van der Waals surface area contributed by atoms with Gasteiger partial charge in [-0.3, -0.25) is 0 Å². The average Bonchev–Trinajstić information content (AvgIpc) is 2.65. The molecule has 0 amide bonds. The third-order valence-corrected chi connectivity index (χ3v) is 3.99. The van der Waals surface area contributed by atoms with Gasteiger partial charge in [0, 0.05) is 28.5 Å². The van der Waals surface area contributed by atoms with E-state index in [-0.39, 0.29) is 0 Å². The zero-order valence-electron chi connectivity index (χ0n) is 14.5. The number of nitrogens with one attached hydrogen (secondary N) is 2. The van der Waals surface area contributed by atoms with Gasteiger partial charge in [-0.15, -0.1) is 0 Å². The Morgan fingerprint density at radius 1 is 0.654 bits per heavy atom. The first-order valence-electron chi connectivity index (χ1n) is 8.25. The lowest BCUT2D eigenvalue weighted by Crippen LogP contribution is -2.03. The first-order chi connectivity index (χ1) is 12.5. The zero-order chi connectivity index (χ0) is 18.5. The van der Waals surface area contributed by atoms with Gasteiger partial charge < -0.3 is 16.4 Å². The molecule has 0 aromatic heterocycles. The monoisotopic (exact) mass is 337 g/mol. The molecule has 0 aliphatic rings. The lowest BCUT2D eigenvalue weighted by atomic mass is 9.96. The van der Waals surface area contributed by atoms with Crippen molar-refractivity contribution in [1.82, 2.24) is 0 Å². The van der Waals surface area contributed by atoms with Crippen molar-refractivity contribution >= 4 is 41.8 Å². The highest BCUT2D eigenvalue weighted by Gasteiger charge is 2.03. The third-order valence-electron chi connectivity index (χ3n) is 3.99. The molecule has 4 heteroatoms. The minimum Gasteiger partial charge on any atom is -0.399 e. The SMILES string of the molecule is [B]c1ccc(NC(=C)c2ccc(C(=C)Nc3ccc(N)cc3)cc2)cc1. The van der Waals surface area contributed by atoms with E-state index in [4.69, 9.17) is 13.6 Å². The van der Waals surface area contributed by atoms with Crippen molar-refractivity contribution in [2.45, 2.75) is 0 Å². The smallest absolute Gasteiger partial charge is 0.113 e. The van der Waals surface area contributed by atoms with Crippen molar-refractivity contribution in [3.63, 3.8) is 0 Å². The van der Waals surface area contributed by atoms with Crippen LogP contribution < -0.4 is 21.8 Å². The van der Waals surface area contributed by atoms with Gasteiger partial charge in [-0.05, 0) is 47.5 Å². The largest absolute Gasteiger partial charge is 0.399 e. The third kappa shape index (κ3) is 4.36. The molecule has 2 radical (unpaired) electrons. The molecule has 3 aromatic rings. The number of anilines is 3. The van der Waals surface area contributed by atoms with Gasteiger partial charge in [-0.1, -0.05) is 55.0 Å². The van der Waals surface area contributed by atoms with E-state index < -0.39 is 0 Å². The molecule has 0 aliphatic carbocycles. The molecule has 126 valence electrons. The molecule has 4 N–H and O–H groups in total. The lowest BCUT2D eigenvalue weighted by molar-refractivity contribution is 1.50. The van der Waals surface area contributed by atoms with E-state index in [1.165, 1.54) is 0 Å². The number of nitrogen functional groups attached to an aromatic ring is 1. The maximum Gasteiger partial charge on any atom is 0.113 e. The molecule has 0 bridgehead atoms. The normalized spacial score (nSPS) is 10.2. The van der Waals surface area contributed by atoms with E-state index in [0.29, 0.717) is 0 Å².